The average molecular weight is 290 g/mol. The molecule has 1 aromatic rings. The Kier molecular flexibility index (Phi) is 6.23. The van der Waals surface area contributed by atoms with Crippen molar-refractivity contribution in [3.8, 4) is 5.75 Å². The van der Waals surface area contributed by atoms with Crippen LogP contribution >= 0.6 is 0 Å². The minimum Gasteiger partial charge on any atom is -0.491 e. The zero-order valence-electron chi connectivity index (χ0n) is 12.8. The summed E-state index contributed by atoms with van der Waals surface area (Å²) >= 11 is 0. The number of rotatable bonds is 7. The van der Waals surface area contributed by atoms with Crippen molar-refractivity contribution < 1.29 is 9.84 Å². The summed E-state index contributed by atoms with van der Waals surface area (Å²) in [5, 5.41) is 13.4. The fourth-order valence-corrected chi connectivity index (χ4v) is 2.59. The van der Waals surface area contributed by atoms with E-state index in [-0.39, 0.29) is 0 Å². The van der Waals surface area contributed by atoms with Gasteiger partial charge in [0.05, 0.1) is 0 Å². The predicted molar refractivity (Wildman–Crippen MR) is 85.9 cm³/mol. The Balaban J connectivity index is 1.85. The highest BCUT2D eigenvalue weighted by molar-refractivity contribution is 5.38. The molecule has 2 rings (SSSR count). The van der Waals surface area contributed by atoms with Crippen LogP contribution in [0.1, 0.15) is 11.1 Å². The molecule has 0 aliphatic carbocycles. The second kappa shape index (κ2) is 8.17. The normalized spacial score (nSPS) is 17.4. The Bertz CT molecular complexity index is 456. The molecule has 0 saturated carbocycles. The van der Waals surface area contributed by atoms with Gasteiger partial charge in [0.2, 0.25) is 0 Å². The van der Waals surface area contributed by atoms with Crippen LogP contribution in [0.5, 0.6) is 5.75 Å². The van der Waals surface area contributed by atoms with Crippen LogP contribution in [-0.4, -0.2) is 55.4 Å². The third kappa shape index (κ3) is 5.16. The van der Waals surface area contributed by atoms with Crippen molar-refractivity contribution in [2.75, 3.05) is 39.3 Å². The summed E-state index contributed by atoms with van der Waals surface area (Å²) in [6, 6.07) is 6.12. The van der Waals surface area contributed by atoms with Crippen LogP contribution in [-0.2, 0) is 6.42 Å². The molecule has 1 atom stereocenters. The van der Waals surface area contributed by atoms with E-state index in [1.807, 2.05) is 18.2 Å². The van der Waals surface area contributed by atoms with Crippen LogP contribution in [0.4, 0.5) is 0 Å². The Labute approximate surface area is 127 Å². The van der Waals surface area contributed by atoms with E-state index in [4.69, 9.17) is 4.74 Å². The van der Waals surface area contributed by atoms with Crippen molar-refractivity contribution in [3.63, 3.8) is 0 Å². The molecule has 0 radical (unpaired) electrons. The number of benzene rings is 1. The molecule has 21 heavy (non-hydrogen) atoms. The number of β-amino-alcohol motifs (C(OH)–C–C–N with tert-alkyl or cyclic N) is 1. The molecular weight excluding hydrogens is 264 g/mol. The number of nitrogens with zero attached hydrogens (tertiary/aromatic N) is 1. The second-order valence-electron chi connectivity index (χ2n) is 5.62. The average Bonchev–Trinajstić information content (AvgIpc) is 2.48. The van der Waals surface area contributed by atoms with Gasteiger partial charge in [0.25, 0.3) is 0 Å². The van der Waals surface area contributed by atoms with E-state index < -0.39 is 6.10 Å². The predicted octanol–water partition coefficient (Wildman–Crippen LogP) is 1.37. The Morgan fingerprint density at radius 3 is 2.90 bits per heavy atom. The first-order chi connectivity index (χ1) is 10.2. The maximum absolute atomic E-state index is 10.1. The zero-order chi connectivity index (χ0) is 15.1. The van der Waals surface area contributed by atoms with E-state index in [1.54, 1.807) is 0 Å². The number of allylic oxidation sites excluding steroid dienone is 1. The maximum atomic E-state index is 10.1. The molecule has 1 aliphatic rings. The summed E-state index contributed by atoms with van der Waals surface area (Å²) in [6.45, 7) is 10.8. The molecule has 1 saturated heterocycles. The van der Waals surface area contributed by atoms with E-state index in [2.05, 4.69) is 29.8 Å². The van der Waals surface area contributed by atoms with Gasteiger partial charge in [0.15, 0.2) is 0 Å². The van der Waals surface area contributed by atoms with E-state index >= 15 is 0 Å². The van der Waals surface area contributed by atoms with Gasteiger partial charge in [-0.25, -0.2) is 0 Å². The number of nitrogens with one attached hydrogen (secondary N) is 1. The summed E-state index contributed by atoms with van der Waals surface area (Å²) in [5.74, 6) is 0.847. The van der Waals surface area contributed by atoms with Crippen molar-refractivity contribution in [2.45, 2.75) is 19.4 Å². The number of hydrogen-bond donors (Lipinski definition) is 2. The van der Waals surface area contributed by atoms with Crippen molar-refractivity contribution in [2.24, 2.45) is 0 Å². The Morgan fingerprint density at radius 1 is 1.43 bits per heavy atom. The number of aryl methyl sites for hydroxylation is 1. The summed E-state index contributed by atoms with van der Waals surface area (Å²) in [5.41, 5.74) is 2.33. The number of hydrogen-bond acceptors (Lipinski definition) is 4. The van der Waals surface area contributed by atoms with Gasteiger partial charge in [0, 0.05) is 32.7 Å². The minimum atomic E-state index is -0.457. The highest BCUT2D eigenvalue weighted by Gasteiger charge is 2.15. The lowest BCUT2D eigenvalue weighted by Crippen LogP contribution is -2.47. The van der Waals surface area contributed by atoms with Crippen molar-refractivity contribution in [1.82, 2.24) is 10.2 Å². The fourth-order valence-electron chi connectivity index (χ4n) is 2.59. The van der Waals surface area contributed by atoms with Gasteiger partial charge in [-0.05, 0) is 25.0 Å². The summed E-state index contributed by atoms with van der Waals surface area (Å²) in [6.07, 6.45) is 2.20. The smallest absolute Gasteiger partial charge is 0.122 e. The number of aliphatic hydroxyl groups excluding tert-OH is 1. The molecule has 1 aliphatic heterocycles. The first-order valence-corrected chi connectivity index (χ1v) is 7.63. The van der Waals surface area contributed by atoms with E-state index in [9.17, 15) is 5.11 Å². The highest BCUT2D eigenvalue weighted by atomic mass is 16.5. The van der Waals surface area contributed by atoms with Gasteiger partial charge in [-0.1, -0.05) is 23.8 Å². The quantitative estimate of drug-likeness (QED) is 0.745. The largest absolute Gasteiger partial charge is 0.491 e. The minimum absolute atomic E-state index is 0.330. The Morgan fingerprint density at radius 2 is 2.19 bits per heavy atom. The van der Waals surface area contributed by atoms with Crippen LogP contribution in [0.25, 0.3) is 0 Å². The SMILES string of the molecule is C=CCc1cc(C)ccc1OC[C@@H](O)CN1CCNCC1. The molecule has 0 aromatic heterocycles. The molecule has 0 unspecified atom stereocenters. The zero-order valence-corrected chi connectivity index (χ0v) is 12.8. The number of piperazine rings is 1. The first kappa shape index (κ1) is 16.0. The summed E-state index contributed by atoms with van der Waals surface area (Å²) < 4.78 is 5.81. The van der Waals surface area contributed by atoms with E-state index in [0.717, 1.165) is 43.9 Å². The molecule has 2 N–H and O–H groups in total. The van der Waals surface area contributed by atoms with Gasteiger partial charge in [0.1, 0.15) is 18.5 Å². The number of aliphatic hydroxyl groups is 1. The van der Waals surface area contributed by atoms with Crippen LogP contribution in [0, 0.1) is 6.92 Å². The topological polar surface area (TPSA) is 44.7 Å². The fraction of sp³-hybridized carbons (Fsp3) is 0.529. The van der Waals surface area contributed by atoms with Crippen LogP contribution in [0.2, 0.25) is 0 Å². The maximum Gasteiger partial charge on any atom is 0.122 e. The molecule has 4 heteroatoms. The first-order valence-electron chi connectivity index (χ1n) is 7.63. The van der Waals surface area contributed by atoms with Crippen LogP contribution in [0.3, 0.4) is 0 Å². The third-order valence-corrected chi connectivity index (χ3v) is 3.69. The monoisotopic (exact) mass is 290 g/mol. The van der Waals surface area contributed by atoms with Crippen LogP contribution in [0.15, 0.2) is 30.9 Å². The van der Waals surface area contributed by atoms with Gasteiger partial charge in [-0.15, -0.1) is 6.58 Å². The van der Waals surface area contributed by atoms with Crippen LogP contribution < -0.4 is 10.1 Å². The van der Waals surface area contributed by atoms with E-state index in [0.29, 0.717) is 13.2 Å². The highest BCUT2D eigenvalue weighted by Crippen LogP contribution is 2.21. The molecule has 1 aromatic carbocycles. The third-order valence-electron chi connectivity index (χ3n) is 3.69. The molecule has 1 fully saturated rings. The lowest BCUT2D eigenvalue weighted by atomic mass is 10.1. The molecule has 4 nitrogen and oxygen atoms in total. The van der Waals surface area contributed by atoms with Gasteiger partial charge in [-0.3, -0.25) is 4.90 Å². The molecule has 0 spiro atoms. The number of ether oxygens (including phenoxy) is 1. The summed E-state index contributed by atoms with van der Waals surface area (Å²) in [4.78, 5) is 2.27. The van der Waals surface area contributed by atoms with Crippen molar-refractivity contribution >= 4 is 0 Å². The molecule has 116 valence electrons. The molecule has 0 amide bonds. The lowest BCUT2D eigenvalue weighted by Gasteiger charge is -2.29. The molecular formula is C17H26N2O2. The Hall–Kier alpha value is -1.36. The summed E-state index contributed by atoms with van der Waals surface area (Å²) in [7, 11) is 0. The standard InChI is InChI=1S/C17H26N2O2/c1-3-4-15-11-14(2)5-6-17(15)21-13-16(20)12-19-9-7-18-8-10-19/h3,5-6,11,16,18,20H,1,4,7-10,12-13H2,2H3/t16-/m0/s1. The van der Waals surface area contributed by atoms with Crippen molar-refractivity contribution in [1.29, 1.82) is 0 Å². The second-order valence-corrected chi connectivity index (χ2v) is 5.62. The van der Waals surface area contributed by atoms with Gasteiger partial charge >= 0.3 is 0 Å². The molecule has 1 heterocycles. The van der Waals surface area contributed by atoms with Crippen molar-refractivity contribution in [3.05, 3.63) is 42.0 Å². The van der Waals surface area contributed by atoms with E-state index in [1.165, 1.54) is 5.56 Å². The van der Waals surface area contributed by atoms with Gasteiger partial charge in [-0.2, -0.15) is 0 Å². The van der Waals surface area contributed by atoms with Gasteiger partial charge < -0.3 is 15.2 Å². The molecule has 0 bridgehead atoms. The lowest BCUT2D eigenvalue weighted by molar-refractivity contribution is 0.0638.